The van der Waals surface area contributed by atoms with E-state index in [1.54, 1.807) is 6.07 Å². The maximum Gasteiger partial charge on any atom is 0.125 e. The molecule has 0 N–H and O–H groups in total. The Kier molecular flexibility index (Phi) is 4.19. The van der Waals surface area contributed by atoms with Crippen molar-refractivity contribution >= 4 is 22.6 Å². The lowest BCUT2D eigenvalue weighted by Gasteiger charge is -2.15. The average Bonchev–Trinajstić information content (AvgIpc) is 2.72. The fourth-order valence-electron chi connectivity index (χ4n) is 1.93. The molecule has 5 heteroatoms. The highest BCUT2D eigenvalue weighted by atomic mass is 35.5. The van der Waals surface area contributed by atoms with Crippen molar-refractivity contribution in [2.24, 2.45) is 0 Å². The van der Waals surface area contributed by atoms with Crippen molar-refractivity contribution in [2.45, 2.75) is 19.3 Å². The highest BCUT2D eigenvalue weighted by Gasteiger charge is 2.10. The second kappa shape index (κ2) is 5.67. The van der Waals surface area contributed by atoms with Gasteiger partial charge in [0, 0.05) is 19.2 Å². The van der Waals surface area contributed by atoms with Crippen LogP contribution in [0, 0.1) is 5.82 Å². The van der Waals surface area contributed by atoms with Gasteiger partial charge in [0.15, 0.2) is 0 Å². The molecule has 1 aromatic carbocycles. The zero-order chi connectivity index (χ0) is 13.1. The molecule has 0 fully saturated rings. The molecule has 1 aromatic heterocycles. The van der Waals surface area contributed by atoms with Crippen LogP contribution in [0.4, 0.5) is 4.39 Å². The summed E-state index contributed by atoms with van der Waals surface area (Å²) in [5, 5.41) is 0. The normalized spacial score (nSPS) is 11.6. The first-order chi connectivity index (χ1) is 8.65. The Hall–Kier alpha value is -1.13. The molecule has 0 aliphatic rings. The SMILES string of the molecule is CCN(C)CCn1c(CCl)nc2cc(F)ccc21. The van der Waals surface area contributed by atoms with Crippen molar-refractivity contribution < 1.29 is 4.39 Å². The van der Waals surface area contributed by atoms with Gasteiger partial charge in [-0.15, -0.1) is 11.6 Å². The Bertz CT molecular complexity index is 538. The predicted octanol–water partition coefficient (Wildman–Crippen LogP) is 2.87. The summed E-state index contributed by atoms with van der Waals surface area (Å²) in [6.45, 7) is 4.85. The van der Waals surface area contributed by atoms with E-state index >= 15 is 0 Å². The van der Waals surface area contributed by atoms with Gasteiger partial charge in [0.25, 0.3) is 0 Å². The average molecular weight is 270 g/mol. The van der Waals surface area contributed by atoms with Crippen molar-refractivity contribution in [2.75, 3.05) is 20.1 Å². The van der Waals surface area contributed by atoms with E-state index in [0.717, 1.165) is 31.0 Å². The van der Waals surface area contributed by atoms with Gasteiger partial charge in [0.1, 0.15) is 11.6 Å². The van der Waals surface area contributed by atoms with Crippen LogP contribution in [0.2, 0.25) is 0 Å². The van der Waals surface area contributed by atoms with Crippen molar-refractivity contribution in [3.8, 4) is 0 Å². The van der Waals surface area contributed by atoms with Crippen LogP contribution < -0.4 is 0 Å². The first-order valence-electron chi connectivity index (χ1n) is 6.05. The Morgan fingerprint density at radius 3 is 2.89 bits per heavy atom. The molecular weight excluding hydrogens is 253 g/mol. The van der Waals surface area contributed by atoms with Crippen LogP contribution in [0.1, 0.15) is 12.7 Å². The summed E-state index contributed by atoms with van der Waals surface area (Å²) in [5.41, 5.74) is 1.61. The van der Waals surface area contributed by atoms with Crippen molar-refractivity contribution in [3.63, 3.8) is 0 Å². The van der Waals surface area contributed by atoms with Crippen LogP contribution in [0.5, 0.6) is 0 Å². The number of fused-ring (bicyclic) bond motifs is 1. The molecule has 0 unspecified atom stereocenters. The number of aromatic nitrogens is 2. The predicted molar refractivity (Wildman–Crippen MR) is 72.4 cm³/mol. The van der Waals surface area contributed by atoms with Gasteiger partial charge in [-0.3, -0.25) is 0 Å². The quantitative estimate of drug-likeness (QED) is 0.779. The summed E-state index contributed by atoms with van der Waals surface area (Å²) in [5.74, 6) is 0.868. The van der Waals surface area contributed by atoms with E-state index in [2.05, 4.69) is 28.4 Å². The Morgan fingerprint density at radius 2 is 2.22 bits per heavy atom. The first kappa shape index (κ1) is 13.3. The maximum absolute atomic E-state index is 13.2. The number of rotatable bonds is 5. The number of nitrogens with zero attached hydrogens (tertiary/aromatic N) is 3. The zero-order valence-corrected chi connectivity index (χ0v) is 11.4. The van der Waals surface area contributed by atoms with E-state index in [-0.39, 0.29) is 5.82 Å². The topological polar surface area (TPSA) is 21.1 Å². The highest BCUT2D eigenvalue weighted by Crippen LogP contribution is 2.18. The Morgan fingerprint density at radius 1 is 1.44 bits per heavy atom. The minimum atomic E-state index is -0.265. The number of halogens is 2. The lowest BCUT2D eigenvalue weighted by molar-refractivity contribution is 0.335. The largest absolute Gasteiger partial charge is 0.326 e. The summed E-state index contributed by atoms with van der Waals surface area (Å²) < 4.78 is 15.2. The second-order valence-electron chi connectivity index (χ2n) is 4.34. The van der Waals surface area contributed by atoms with Gasteiger partial charge in [-0.1, -0.05) is 6.92 Å². The molecule has 0 amide bonds. The van der Waals surface area contributed by atoms with Gasteiger partial charge < -0.3 is 9.47 Å². The van der Waals surface area contributed by atoms with Crippen LogP contribution >= 0.6 is 11.6 Å². The minimum Gasteiger partial charge on any atom is -0.326 e. The molecule has 0 atom stereocenters. The van der Waals surface area contributed by atoms with Crippen LogP contribution in [0.3, 0.4) is 0 Å². The minimum absolute atomic E-state index is 0.265. The first-order valence-corrected chi connectivity index (χ1v) is 6.58. The molecule has 1 heterocycles. The zero-order valence-electron chi connectivity index (χ0n) is 10.7. The number of alkyl halides is 1. The molecule has 0 spiro atoms. The number of hydrogen-bond donors (Lipinski definition) is 0. The van der Waals surface area contributed by atoms with Gasteiger partial charge in [-0.05, 0) is 25.7 Å². The summed E-state index contributed by atoms with van der Waals surface area (Å²) in [4.78, 5) is 6.58. The molecule has 0 bridgehead atoms. The molecule has 2 aromatic rings. The van der Waals surface area contributed by atoms with Gasteiger partial charge in [0.2, 0.25) is 0 Å². The monoisotopic (exact) mass is 269 g/mol. The lowest BCUT2D eigenvalue weighted by Crippen LogP contribution is -2.23. The summed E-state index contributed by atoms with van der Waals surface area (Å²) in [6, 6.07) is 4.67. The van der Waals surface area contributed by atoms with E-state index in [4.69, 9.17) is 11.6 Å². The number of hydrogen-bond acceptors (Lipinski definition) is 2. The molecule has 0 radical (unpaired) electrons. The van der Waals surface area contributed by atoms with Gasteiger partial charge >= 0.3 is 0 Å². The summed E-state index contributed by atoms with van der Waals surface area (Å²) in [7, 11) is 2.07. The molecule has 98 valence electrons. The summed E-state index contributed by atoms with van der Waals surface area (Å²) >= 11 is 5.90. The smallest absolute Gasteiger partial charge is 0.125 e. The molecular formula is C13H17ClFN3. The number of imidazole rings is 1. The third kappa shape index (κ3) is 2.65. The molecule has 2 rings (SSSR count). The van der Waals surface area contributed by atoms with E-state index < -0.39 is 0 Å². The standard InChI is InChI=1S/C13H17ClFN3/c1-3-17(2)6-7-18-12-5-4-10(15)8-11(12)16-13(18)9-14/h4-5,8H,3,6-7,9H2,1-2H3. The molecule has 18 heavy (non-hydrogen) atoms. The van der Waals surface area contributed by atoms with E-state index in [0.29, 0.717) is 11.4 Å². The van der Waals surface area contributed by atoms with Gasteiger partial charge in [-0.25, -0.2) is 9.37 Å². The third-order valence-electron chi connectivity index (χ3n) is 3.15. The molecule has 0 saturated carbocycles. The Balaban J connectivity index is 2.34. The van der Waals surface area contributed by atoms with Gasteiger partial charge in [-0.2, -0.15) is 0 Å². The van der Waals surface area contributed by atoms with Crippen molar-refractivity contribution in [1.29, 1.82) is 0 Å². The molecule has 0 aliphatic heterocycles. The fourth-order valence-corrected chi connectivity index (χ4v) is 2.14. The number of likely N-dealkylation sites (N-methyl/N-ethyl adjacent to an activating group) is 1. The molecule has 0 saturated heterocycles. The van der Waals surface area contributed by atoms with Crippen molar-refractivity contribution in [3.05, 3.63) is 29.8 Å². The van der Waals surface area contributed by atoms with E-state index in [1.807, 2.05) is 0 Å². The highest BCUT2D eigenvalue weighted by molar-refractivity contribution is 6.16. The van der Waals surface area contributed by atoms with Gasteiger partial charge in [0.05, 0.1) is 16.9 Å². The van der Waals surface area contributed by atoms with Crippen LogP contribution in [0.25, 0.3) is 11.0 Å². The van der Waals surface area contributed by atoms with Crippen molar-refractivity contribution in [1.82, 2.24) is 14.5 Å². The maximum atomic E-state index is 13.2. The summed E-state index contributed by atoms with van der Waals surface area (Å²) in [6.07, 6.45) is 0. The van der Waals surface area contributed by atoms with E-state index in [9.17, 15) is 4.39 Å². The van der Waals surface area contributed by atoms with Crippen LogP contribution in [-0.4, -0.2) is 34.6 Å². The second-order valence-corrected chi connectivity index (χ2v) is 4.61. The number of benzene rings is 1. The fraction of sp³-hybridized carbons (Fsp3) is 0.462. The van der Waals surface area contributed by atoms with Crippen LogP contribution in [0.15, 0.2) is 18.2 Å². The molecule has 3 nitrogen and oxygen atoms in total. The van der Waals surface area contributed by atoms with E-state index in [1.165, 1.54) is 12.1 Å². The third-order valence-corrected chi connectivity index (χ3v) is 3.39. The van der Waals surface area contributed by atoms with Crippen LogP contribution in [-0.2, 0) is 12.4 Å². The lowest BCUT2D eigenvalue weighted by atomic mass is 10.3. The molecule has 0 aliphatic carbocycles. The Labute approximate surface area is 111 Å².